The van der Waals surface area contributed by atoms with E-state index in [1.807, 2.05) is 24.5 Å². The number of piperidine rings is 1. The smallest absolute Gasteiger partial charge is 0.123 e. The molecule has 4 heterocycles. The van der Waals surface area contributed by atoms with Crippen LogP contribution in [0.5, 0.6) is 0 Å². The molecule has 4 heteroatoms. The van der Waals surface area contributed by atoms with Gasteiger partial charge in [0.05, 0.1) is 0 Å². The lowest BCUT2D eigenvalue weighted by atomic mass is 9.95. The minimum atomic E-state index is -0.179. The first-order valence-electron chi connectivity index (χ1n) is 9.54. The maximum absolute atomic E-state index is 13.0. The van der Waals surface area contributed by atoms with Gasteiger partial charge in [0.25, 0.3) is 0 Å². The van der Waals surface area contributed by atoms with Gasteiger partial charge in [-0.1, -0.05) is 24.3 Å². The van der Waals surface area contributed by atoms with Crippen LogP contribution in [-0.4, -0.2) is 47.0 Å². The van der Waals surface area contributed by atoms with E-state index in [0.29, 0.717) is 6.04 Å². The summed E-state index contributed by atoms with van der Waals surface area (Å²) < 4.78 is 13.0. The Hall–Kier alpha value is -2.04. The van der Waals surface area contributed by atoms with E-state index in [1.165, 1.54) is 43.6 Å². The van der Waals surface area contributed by atoms with Crippen molar-refractivity contribution < 1.29 is 4.39 Å². The zero-order chi connectivity index (χ0) is 17.8. The van der Waals surface area contributed by atoms with Crippen LogP contribution in [0.1, 0.15) is 24.0 Å². The zero-order valence-corrected chi connectivity index (χ0v) is 15.1. The molecular weight excluding hydrogens is 325 g/mol. The van der Waals surface area contributed by atoms with Crippen molar-refractivity contribution in [2.24, 2.45) is 5.92 Å². The lowest BCUT2D eigenvalue weighted by Gasteiger charge is -2.35. The van der Waals surface area contributed by atoms with Crippen LogP contribution in [0, 0.1) is 11.7 Å². The Balaban J connectivity index is 1.36. The predicted molar refractivity (Wildman–Crippen MR) is 103 cm³/mol. The van der Waals surface area contributed by atoms with Gasteiger partial charge < -0.3 is 0 Å². The molecule has 3 aliphatic heterocycles. The van der Waals surface area contributed by atoms with E-state index >= 15 is 0 Å². The summed E-state index contributed by atoms with van der Waals surface area (Å²) in [6.07, 6.45) is 10.7. The van der Waals surface area contributed by atoms with Gasteiger partial charge in [0, 0.05) is 51.2 Å². The molecule has 3 fully saturated rings. The maximum atomic E-state index is 13.0. The van der Waals surface area contributed by atoms with Gasteiger partial charge >= 0.3 is 0 Å². The third-order valence-electron chi connectivity index (χ3n) is 5.58. The van der Waals surface area contributed by atoms with Crippen LogP contribution in [-0.2, 0) is 6.54 Å². The van der Waals surface area contributed by atoms with Gasteiger partial charge in [-0.3, -0.25) is 14.8 Å². The SMILES string of the molecule is Fc1ccc(/C=C/CN2C[C@H]3CC[C@@H]2CN(Cc2ccncc2)C3)cc1. The van der Waals surface area contributed by atoms with Gasteiger partial charge in [-0.2, -0.15) is 0 Å². The van der Waals surface area contributed by atoms with E-state index in [1.54, 1.807) is 0 Å². The summed E-state index contributed by atoms with van der Waals surface area (Å²) in [4.78, 5) is 9.36. The van der Waals surface area contributed by atoms with E-state index in [4.69, 9.17) is 0 Å². The number of nitrogens with zero attached hydrogens (tertiary/aromatic N) is 3. The number of rotatable bonds is 5. The fraction of sp³-hybridized carbons (Fsp3) is 0.409. The molecule has 2 aromatic rings. The summed E-state index contributed by atoms with van der Waals surface area (Å²) in [5.74, 6) is 0.580. The number of fused-ring (bicyclic) bond motifs is 4. The standard InChI is InChI=1S/C22H26FN3/c23-21-6-3-18(4-7-21)2-1-13-26-16-20-5-8-22(26)17-25(15-20)14-19-9-11-24-12-10-19/h1-4,6-7,9-12,20,22H,5,8,13-17H2/b2-1+/t20-,22+/m0/s1. The highest BCUT2D eigenvalue weighted by Gasteiger charge is 2.33. The molecular formula is C22H26FN3. The molecule has 0 N–H and O–H groups in total. The van der Waals surface area contributed by atoms with Crippen molar-refractivity contribution in [2.45, 2.75) is 25.4 Å². The normalized spacial score (nSPS) is 24.2. The van der Waals surface area contributed by atoms with Crippen molar-refractivity contribution in [2.75, 3.05) is 26.2 Å². The third kappa shape index (κ3) is 4.37. The summed E-state index contributed by atoms with van der Waals surface area (Å²) in [5.41, 5.74) is 2.41. The second-order valence-corrected chi connectivity index (χ2v) is 7.55. The Kier molecular flexibility index (Phi) is 5.42. The molecule has 26 heavy (non-hydrogen) atoms. The van der Waals surface area contributed by atoms with E-state index in [0.717, 1.165) is 31.1 Å². The first-order chi connectivity index (χ1) is 12.8. The lowest BCUT2D eigenvalue weighted by Crippen LogP contribution is -2.43. The van der Waals surface area contributed by atoms with E-state index in [-0.39, 0.29) is 5.82 Å². The third-order valence-corrected chi connectivity index (χ3v) is 5.58. The highest BCUT2D eigenvalue weighted by Crippen LogP contribution is 2.28. The van der Waals surface area contributed by atoms with Crippen molar-refractivity contribution in [3.8, 4) is 0 Å². The molecule has 2 atom stereocenters. The summed E-state index contributed by atoms with van der Waals surface area (Å²) in [7, 11) is 0. The molecule has 0 spiro atoms. The van der Waals surface area contributed by atoms with Crippen molar-refractivity contribution in [3.05, 3.63) is 71.8 Å². The molecule has 2 bridgehead atoms. The largest absolute Gasteiger partial charge is 0.297 e. The van der Waals surface area contributed by atoms with Gasteiger partial charge in [0.2, 0.25) is 0 Å². The highest BCUT2D eigenvalue weighted by molar-refractivity contribution is 5.49. The summed E-state index contributed by atoms with van der Waals surface area (Å²) >= 11 is 0. The number of hydrogen-bond donors (Lipinski definition) is 0. The molecule has 136 valence electrons. The molecule has 0 saturated carbocycles. The number of pyridine rings is 1. The van der Waals surface area contributed by atoms with Gasteiger partial charge in [-0.25, -0.2) is 4.39 Å². The summed E-state index contributed by atoms with van der Waals surface area (Å²) in [5, 5.41) is 0. The zero-order valence-electron chi connectivity index (χ0n) is 15.1. The van der Waals surface area contributed by atoms with Crippen molar-refractivity contribution >= 4 is 6.08 Å². The fourth-order valence-corrected chi connectivity index (χ4v) is 4.27. The molecule has 0 amide bonds. The first kappa shape index (κ1) is 17.4. The van der Waals surface area contributed by atoms with Crippen LogP contribution >= 0.6 is 0 Å². The van der Waals surface area contributed by atoms with Gasteiger partial charge in [-0.05, 0) is 54.2 Å². The average Bonchev–Trinajstić information content (AvgIpc) is 2.95. The lowest BCUT2D eigenvalue weighted by molar-refractivity contribution is 0.146. The number of halogens is 1. The molecule has 5 rings (SSSR count). The minimum Gasteiger partial charge on any atom is -0.297 e. The molecule has 1 aromatic carbocycles. The summed E-state index contributed by atoms with van der Waals surface area (Å²) in [6.45, 7) is 5.52. The van der Waals surface area contributed by atoms with Crippen molar-refractivity contribution in [3.63, 3.8) is 0 Å². The minimum absolute atomic E-state index is 0.179. The Morgan fingerprint density at radius 1 is 1.00 bits per heavy atom. The number of hydrogen-bond acceptors (Lipinski definition) is 3. The topological polar surface area (TPSA) is 19.4 Å². The van der Waals surface area contributed by atoms with E-state index in [2.05, 4.69) is 39.1 Å². The first-order valence-corrected chi connectivity index (χ1v) is 9.54. The van der Waals surface area contributed by atoms with Gasteiger partial charge in [-0.15, -0.1) is 0 Å². The Morgan fingerprint density at radius 2 is 1.81 bits per heavy atom. The summed E-state index contributed by atoms with van der Waals surface area (Å²) in [6, 6.07) is 11.6. The molecule has 0 unspecified atom stereocenters. The maximum Gasteiger partial charge on any atom is 0.123 e. The van der Waals surface area contributed by atoms with Crippen LogP contribution < -0.4 is 0 Å². The second-order valence-electron chi connectivity index (χ2n) is 7.55. The van der Waals surface area contributed by atoms with Crippen LogP contribution in [0.2, 0.25) is 0 Å². The molecule has 3 nitrogen and oxygen atoms in total. The molecule has 0 aliphatic carbocycles. The number of aromatic nitrogens is 1. The molecule has 0 radical (unpaired) electrons. The molecule has 3 aliphatic rings. The van der Waals surface area contributed by atoms with Crippen molar-refractivity contribution in [1.82, 2.24) is 14.8 Å². The highest BCUT2D eigenvalue weighted by atomic mass is 19.1. The van der Waals surface area contributed by atoms with Crippen LogP contribution in [0.25, 0.3) is 6.08 Å². The Bertz CT molecular complexity index is 729. The Morgan fingerprint density at radius 3 is 2.62 bits per heavy atom. The predicted octanol–water partition coefficient (Wildman–Crippen LogP) is 3.83. The quantitative estimate of drug-likeness (QED) is 0.816. The fourth-order valence-electron chi connectivity index (χ4n) is 4.27. The van der Waals surface area contributed by atoms with Crippen LogP contribution in [0.3, 0.4) is 0 Å². The molecule has 1 aromatic heterocycles. The second kappa shape index (κ2) is 8.11. The van der Waals surface area contributed by atoms with Crippen LogP contribution in [0.15, 0.2) is 54.9 Å². The average molecular weight is 351 g/mol. The van der Waals surface area contributed by atoms with E-state index in [9.17, 15) is 4.39 Å². The molecule has 3 saturated heterocycles. The number of benzene rings is 1. The van der Waals surface area contributed by atoms with Crippen molar-refractivity contribution in [1.29, 1.82) is 0 Å². The van der Waals surface area contributed by atoms with Crippen LogP contribution in [0.4, 0.5) is 4.39 Å². The van der Waals surface area contributed by atoms with Gasteiger partial charge in [0.1, 0.15) is 5.82 Å². The monoisotopic (exact) mass is 351 g/mol. The Labute approximate surface area is 155 Å². The van der Waals surface area contributed by atoms with E-state index < -0.39 is 0 Å². The van der Waals surface area contributed by atoms with Gasteiger partial charge in [0.15, 0.2) is 0 Å².